The van der Waals surface area contributed by atoms with Crippen LogP contribution in [0.1, 0.15) is 187 Å². The molecule has 0 saturated carbocycles. The van der Waals surface area contributed by atoms with Crippen LogP contribution in [-0.2, 0) is 28.5 Å². The maximum absolute atomic E-state index is 12.7. The van der Waals surface area contributed by atoms with Gasteiger partial charge in [0, 0.05) is 12.8 Å². The molecule has 1 aliphatic heterocycles. The first-order valence-corrected chi connectivity index (χ1v) is 23.2. The Morgan fingerprint density at radius 2 is 0.983 bits per heavy atom. The first-order valence-electron chi connectivity index (χ1n) is 23.2. The van der Waals surface area contributed by atoms with Gasteiger partial charge in [0.05, 0.1) is 13.2 Å². The minimum absolute atomic E-state index is 0.200. The lowest BCUT2D eigenvalue weighted by atomic mass is 9.99. The lowest BCUT2D eigenvalue weighted by Crippen LogP contribution is -2.59. The first-order chi connectivity index (χ1) is 28.3. The van der Waals surface area contributed by atoms with Crippen molar-refractivity contribution in [1.29, 1.82) is 0 Å². The van der Waals surface area contributed by atoms with Crippen molar-refractivity contribution in [3.05, 3.63) is 48.6 Å². The van der Waals surface area contributed by atoms with Gasteiger partial charge >= 0.3 is 11.9 Å². The number of hydrogen-bond donors (Lipinski definition) is 4. The van der Waals surface area contributed by atoms with E-state index >= 15 is 0 Å². The molecule has 58 heavy (non-hydrogen) atoms. The minimum atomic E-state index is -1.60. The van der Waals surface area contributed by atoms with Crippen LogP contribution in [0.25, 0.3) is 0 Å². The van der Waals surface area contributed by atoms with E-state index in [1.807, 2.05) is 0 Å². The fraction of sp³-hybridized carbons (Fsp3) is 0.792. The molecule has 0 aliphatic carbocycles. The van der Waals surface area contributed by atoms with Gasteiger partial charge < -0.3 is 39.4 Å². The van der Waals surface area contributed by atoms with E-state index < -0.39 is 55.4 Å². The molecule has 4 N–H and O–H groups in total. The Balaban J connectivity index is 2.34. The molecule has 1 fully saturated rings. The third-order valence-electron chi connectivity index (χ3n) is 10.5. The van der Waals surface area contributed by atoms with Gasteiger partial charge in [0.2, 0.25) is 0 Å². The molecule has 0 aromatic heterocycles. The summed E-state index contributed by atoms with van der Waals surface area (Å²) in [6.45, 7) is 3.36. The van der Waals surface area contributed by atoms with Crippen molar-refractivity contribution in [2.24, 2.45) is 0 Å². The second kappa shape index (κ2) is 38.8. The number of carbonyl (C=O) groups is 2. The van der Waals surface area contributed by atoms with Gasteiger partial charge in [0.1, 0.15) is 31.0 Å². The molecule has 10 nitrogen and oxygen atoms in total. The zero-order valence-corrected chi connectivity index (χ0v) is 36.5. The number of allylic oxidation sites excluding steroid dienone is 8. The topological polar surface area (TPSA) is 152 Å². The molecule has 0 aromatic rings. The van der Waals surface area contributed by atoms with Gasteiger partial charge in [-0.3, -0.25) is 9.59 Å². The summed E-state index contributed by atoms with van der Waals surface area (Å²) in [5.41, 5.74) is 0. The van der Waals surface area contributed by atoms with Crippen molar-refractivity contribution < 1.29 is 49.0 Å². The number of aliphatic hydroxyl groups is 4. The van der Waals surface area contributed by atoms with Gasteiger partial charge in [0.15, 0.2) is 12.4 Å². The van der Waals surface area contributed by atoms with Crippen molar-refractivity contribution in [3.8, 4) is 0 Å². The van der Waals surface area contributed by atoms with Crippen LogP contribution in [-0.4, -0.2) is 89.0 Å². The predicted molar refractivity (Wildman–Crippen MR) is 233 cm³/mol. The summed E-state index contributed by atoms with van der Waals surface area (Å²) in [5, 5.41) is 40.0. The maximum Gasteiger partial charge on any atom is 0.306 e. The van der Waals surface area contributed by atoms with Crippen molar-refractivity contribution >= 4 is 11.9 Å². The highest BCUT2D eigenvalue weighted by molar-refractivity contribution is 5.70. The second-order valence-corrected chi connectivity index (χ2v) is 15.9. The molecule has 0 spiro atoms. The highest BCUT2D eigenvalue weighted by Gasteiger charge is 2.44. The molecule has 0 aromatic carbocycles. The number of aliphatic hydroxyl groups excluding tert-OH is 4. The fourth-order valence-electron chi connectivity index (χ4n) is 6.77. The third-order valence-corrected chi connectivity index (χ3v) is 10.5. The average Bonchev–Trinajstić information content (AvgIpc) is 3.22. The summed E-state index contributed by atoms with van der Waals surface area (Å²) in [5.74, 6) is -0.871. The quantitative estimate of drug-likeness (QED) is 0.0269. The number of hydrogen-bond acceptors (Lipinski definition) is 10. The molecule has 10 heteroatoms. The van der Waals surface area contributed by atoms with E-state index in [2.05, 4.69) is 62.5 Å². The number of esters is 2. The van der Waals surface area contributed by atoms with Crippen LogP contribution in [0.5, 0.6) is 0 Å². The van der Waals surface area contributed by atoms with Crippen molar-refractivity contribution in [2.45, 2.75) is 224 Å². The monoisotopic (exact) mass is 821 g/mol. The van der Waals surface area contributed by atoms with Gasteiger partial charge in [0.25, 0.3) is 0 Å². The van der Waals surface area contributed by atoms with Crippen LogP contribution >= 0.6 is 0 Å². The first kappa shape index (κ1) is 53.7. The SMILES string of the molecule is CCCCCCCCC/C=C/C/C=C/C/C=C/C/C=C/CCCC(=O)OC[C@@H](CO[C@H]1O[C@@H](CO)[C@@H](O)C(O)C1O)OC(=O)CCCCCCCCCCCCCC. The average molecular weight is 821 g/mol. The van der Waals surface area contributed by atoms with Gasteiger partial charge in [-0.1, -0.05) is 172 Å². The molecule has 1 saturated heterocycles. The standard InChI is InChI=1S/C48H84O10/c1-3-5-7-9-11-13-15-17-18-19-20-21-22-23-24-25-27-28-30-32-34-36-43(50)55-39-41(40-56-48-47(54)46(53)45(52)42(38-49)58-48)57-44(51)37-35-33-31-29-26-16-14-12-10-8-6-4-2/h18-19,21-22,24-25,28,30,41-42,45-49,52-54H,3-17,20,23,26-27,29,31-40H2,1-2H3/b19-18+,22-21+,25-24+,30-28+/t41-,42-,45+,46?,47?,48-/m0/s1. The van der Waals surface area contributed by atoms with E-state index in [0.29, 0.717) is 12.8 Å². The lowest BCUT2D eigenvalue weighted by molar-refractivity contribution is -0.305. The molecule has 336 valence electrons. The Morgan fingerprint density at radius 1 is 0.534 bits per heavy atom. The molecule has 0 radical (unpaired) electrons. The summed E-state index contributed by atoms with van der Waals surface area (Å²) in [4.78, 5) is 25.3. The summed E-state index contributed by atoms with van der Waals surface area (Å²) in [7, 11) is 0. The Kier molecular flexibility index (Phi) is 35.9. The highest BCUT2D eigenvalue weighted by atomic mass is 16.7. The molecular formula is C48H84O10. The lowest BCUT2D eigenvalue weighted by Gasteiger charge is -2.39. The van der Waals surface area contributed by atoms with E-state index in [1.54, 1.807) is 0 Å². The summed E-state index contributed by atoms with van der Waals surface area (Å²) < 4.78 is 22.1. The molecule has 1 aliphatic rings. The minimum Gasteiger partial charge on any atom is -0.462 e. The normalized spacial score (nSPS) is 20.6. The number of ether oxygens (including phenoxy) is 4. The van der Waals surface area contributed by atoms with E-state index in [9.17, 15) is 30.0 Å². The molecule has 1 heterocycles. The Bertz CT molecular complexity index is 1090. The predicted octanol–water partition coefficient (Wildman–Crippen LogP) is 10.1. The molecule has 2 unspecified atom stereocenters. The smallest absolute Gasteiger partial charge is 0.306 e. The fourth-order valence-corrected chi connectivity index (χ4v) is 6.77. The van der Waals surface area contributed by atoms with E-state index in [0.717, 1.165) is 44.9 Å². The molecule has 1 rings (SSSR count). The third kappa shape index (κ3) is 29.8. The largest absolute Gasteiger partial charge is 0.462 e. The number of carbonyl (C=O) groups excluding carboxylic acids is 2. The van der Waals surface area contributed by atoms with E-state index in [4.69, 9.17) is 18.9 Å². The number of unbranched alkanes of at least 4 members (excludes halogenated alkanes) is 19. The highest BCUT2D eigenvalue weighted by Crippen LogP contribution is 2.22. The van der Waals surface area contributed by atoms with Gasteiger partial charge in [-0.2, -0.15) is 0 Å². The van der Waals surface area contributed by atoms with Crippen molar-refractivity contribution in [3.63, 3.8) is 0 Å². The van der Waals surface area contributed by atoms with Crippen molar-refractivity contribution in [2.75, 3.05) is 19.8 Å². The zero-order chi connectivity index (χ0) is 42.3. The van der Waals surface area contributed by atoms with Crippen LogP contribution in [0.2, 0.25) is 0 Å². The van der Waals surface area contributed by atoms with Gasteiger partial charge in [-0.25, -0.2) is 0 Å². The second-order valence-electron chi connectivity index (χ2n) is 15.9. The Labute approximate surface area is 352 Å². The van der Waals surface area contributed by atoms with Crippen LogP contribution in [0, 0.1) is 0 Å². The Hall–Kier alpha value is -2.34. The summed E-state index contributed by atoms with van der Waals surface area (Å²) >= 11 is 0. The van der Waals surface area contributed by atoms with Crippen LogP contribution < -0.4 is 0 Å². The Morgan fingerprint density at radius 3 is 1.50 bits per heavy atom. The molecule has 0 bridgehead atoms. The van der Waals surface area contributed by atoms with E-state index in [-0.39, 0.29) is 26.1 Å². The van der Waals surface area contributed by atoms with Crippen LogP contribution in [0.15, 0.2) is 48.6 Å². The maximum atomic E-state index is 12.7. The summed E-state index contributed by atoms with van der Waals surface area (Å²) in [6.07, 6.45) is 38.4. The van der Waals surface area contributed by atoms with Crippen molar-refractivity contribution in [1.82, 2.24) is 0 Å². The molecule has 6 atom stereocenters. The van der Waals surface area contributed by atoms with E-state index in [1.165, 1.54) is 103 Å². The van der Waals surface area contributed by atoms with Crippen LogP contribution in [0.4, 0.5) is 0 Å². The van der Waals surface area contributed by atoms with Gasteiger partial charge in [-0.15, -0.1) is 0 Å². The van der Waals surface area contributed by atoms with Gasteiger partial charge in [-0.05, 0) is 51.4 Å². The number of rotatable bonds is 38. The molecular weight excluding hydrogens is 737 g/mol. The van der Waals surface area contributed by atoms with Crippen LogP contribution in [0.3, 0.4) is 0 Å². The molecule has 0 amide bonds. The zero-order valence-electron chi connectivity index (χ0n) is 36.5. The summed E-state index contributed by atoms with van der Waals surface area (Å²) in [6, 6.07) is 0.